The number of hydrogen-bond acceptors (Lipinski definition) is 3. The molecule has 100 valence electrons. The Labute approximate surface area is 113 Å². The molecule has 3 nitrogen and oxygen atoms in total. The van der Waals surface area contributed by atoms with Crippen LogP contribution in [0.15, 0.2) is 41.0 Å². The van der Waals surface area contributed by atoms with Crippen molar-refractivity contribution in [3.8, 4) is 11.3 Å². The van der Waals surface area contributed by atoms with Gasteiger partial charge in [0.25, 0.3) is 0 Å². The normalized spacial score (nSPS) is 14.5. The zero-order valence-corrected chi connectivity index (χ0v) is 11.3. The largest absolute Gasteiger partial charge is 0.464 e. The number of ether oxygens (including phenoxy) is 1. The highest BCUT2D eigenvalue weighted by molar-refractivity contribution is 5.68. The summed E-state index contributed by atoms with van der Waals surface area (Å²) in [6.07, 6.45) is 4.10. The van der Waals surface area contributed by atoms with Crippen LogP contribution in [-0.4, -0.2) is 26.8 Å². The summed E-state index contributed by atoms with van der Waals surface area (Å²) in [6, 6.07) is 10.5. The molecule has 0 fully saturated rings. The van der Waals surface area contributed by atoms with E-state index in [4.69, 9.17) is 9.15 Å². The topological polar surface area (TPSA) is 25.6 Å². The van der Waals surface area contributed by atoms with E-state index in [-0.39, 0.29) is 0 Å². The van der Waals surface area contributed by atoms with Gasteiger partial charge in [0.05, 0.1) is 12.9 Å². The fourth-order valence-electron chi connectivity index (χ4n) is 2.68. The summed E-state index contributed by atoms with van der Waals surface area (Å²) in [5.74, 6) is 0.931. The summed E-state index contributed by atoms with van der Waals surface area (Å²) in [7, 11) is 1.75. The van der Waals surface area contributed by atoms with Gasteiger partial charge in [-0.1, -0.05) is 12.1 Å². The lowest BCUT2D eigenvalue weighted by molar-refractivity contribution is 0.205. The molecule has 0 atom stereocenters. The van der Waals surface area contributed by atoms with Gasteiger partial charge < -0.3 is 14.1 Å². The molecule has 0 N–H and O–H groups in total. The minimum Gasteiger partial charge on any atom is -0.464 e. The number of benzene rings is 1. The minimum atomic E-state index is 0.768. The molecule has 3 rings (SSSR count). The summed E-state index contributed by atoms with van der Waals surface area (Å²) in [5.41, 5.74) is 3.91. The number of hydrogen-bond donors (Lipinski definition) is 0. The Balaban J connectivity index is 1.92. The molecule has 2 heterocycles. The first-order chi connectivity index (χ1) is 9.38. The van der Waals surface area contributed by atoms with Crippen LogP contribution in [0.25, 0.3) is 11.3 Å². The molecule has 0 spiro atoms. The number of furan rings is 1. The average molecular weight is 257 g/mol. The first-order valence-electron chi connectivity index (χ1n) is 6.79. The molecule has 0 saturated carbocycles. The van der Waals surface area contributed by atoms with Crippen molar-refractivity contribution in [1.82, 2.24) is 0 Å². The van der Waals surface area contributed by atoms with E-state index in [1.807, 2.05) is 12.1 Å². The zero-order chi connectivity index (χ0) is 13.1. The Kier molecular flexibility index (Phi) is 3.56. The van der Waals surface area contributed by atoms with Crippen molar-refractivity contribution in [3.05, 3.63) is 42.2 Å². The molecule has 0 saturated heterocycles. The molecule has 1 aromatic heterocycles. The molecular weight excluding hydrogens is 238 g/mol. The van der Waals surface area contributed by atoms with Gasteiger partial charge in [-0.3, -0.25) is 0 Å². The smallest absolute Gasteiger partial charge is 0.133 e. The lowest BCUT2D eigenvalue weighted by atomic mass is 9.99. The molecule has 0 bridgehead atoms. The molecule has 1 aliphatic heterocycles. The summed E-state index contributed by atoms with van der Waals surface area (Å²) in [6.45, 7) is 2.83. The molecule has 0 amide bonds. The van der Waals surface area contributed by atoms with Gasteiger partial charge in [-0.2, -0.15) is 0 Å². The number of rotatable bonds is 4. The van der Waals surface area contributed by atoms with E-state index in [2.05, 4.69) is 23.1 Å². The van der Waals surface area contributed by atoms with Crippen LogP contribution in [0.3, 0.4) is 0 Å². The van der Waals surface area contributed by atoms with Crippen molar-refractivity contribution in [2.24, 2.45) is 0 Å². The van der Waals surface area contributed by atoms with Gasteiger partial charge in [0.1, 0.15) is 5.76 Å². The number of anilines is 1. The summed E-state index contributed by atoms with van der Waals surface area (Å²) < 4.78 is 10.7. The van der Waals surface area contributed by atoms with Gasteiger partial charge in [0.15, 0.2) is 0 Å². The summed E-state index contributed by atoms with van der Waals surface area (Å²) >= 11 is 0. The van der Waals surface area contributed by atoms with Crippen molar-refractivity contribution in [3.63, 3.8) is 0 Å². The number of aryl methyl sites for hydroxylation is 1. The third-order valence-corrected chi connectivity index (χ3v) is 3.67. The van der Waals surface area contributed by atoms with Gasteiger partial charge in [-0.25, -0.2) is 0 Å². The van der Waals surface area contributed by atoms with Crippen LogP contribution in [0.5, 0.6) is 0 Å². The maximum atomic E-state index is 5.48. The van der Waals surface area contributed by atoms with Crippen LogP contribution in [0.1, 0.15) is 12.0 Å². The summed E-state index contributed by atoms with van der Waals surface area (Å²) in [4.78, 5) is 2.41. The minimum absolute atomic E-state index is 0.768. The third-order valence-electron chi connectivity index (χ3n) is 3.67. The Morgan fingerprint density at radius 1 is 1.32 bits per heavy atom. The molecule has 1 aromatic carbocycles. The lowest BCUT2D eigenvalue weighted by Gasteiger charge is -2.31. The zero-order valence-electron chi connectivity index (χ0n) is 11.3. The maximum absolute atomic E-state index is 5.48. The molecule has 19 heavy (non-hydrogen) atoms. The van der Waals surface area contributed by atoms with Crippen LogP contribution in [-0.2, 0) is 11.2 Å². The molecule has 3 heteroatoms. The summed E-state index contributed by atoms with van der Waals surface area (Å²) in [5, 5.41) is 0. The Bertz CT molecular complexity index is 534. The van der Waals surface area contributed by atoms with Crippen molar-refractivity contribution in [2.45, 2.75) is 12.8 Å². The maximum Gasteiger partial charge on any atom is 0.133 e. The van der Waals surface area contributed by atoms with Gasteiger partial charge >= 0.3 is 0 Å². The van der Waals surface area contributed by atoms with E-state index >= 15 is 0 Å². The molecule has 0 unspecified atom stereocenters. The van der Waals surface area contributed by atoms with Crippen LogP contribution in [0, 0.1) is 0 Å². The first-order valence-corrected chi connectivity index (χ1v) is 6.79. The van der Waals surface area contributed by atoms with E-state index in [1.54, 1.807) is 13.4 Å². The Morgan fingerprint density at radius 3 is 3.05 bits per heavy atom. The van der Waals surface area contributed by atoms with E-state index in [0.29, 0.717) is 0 Å². The lowest BCUT2D eigenvalue weighted by Crippen LogP contribution is -2.32. The van der Waals surface area contributed by atoms with E-state index < -0.39 is 0 Å². The highest BCUT2D eigenvalue weighted by Gasteiger charge is 2.17. The van der Waals surface area contributed by atoms with Crippen LogP contribution >= 0.6 is 0 Å². The van der Waals surface area contributed by atoms with Crippen molar-refractivity contribution >= 4 is 5.69 Å². The standard InChI is InChI=1S/C16H19NO2/c1-18-11-9-17-8-2-4-13-6-7-14(12-15(13)17)16-5-3-10-19-16/h3,5-7,10,12H,2,4,8-9,11H2,1H3. The van der Waals surface area contributed by atoms with Crippen LogP contribution in [0.2, 0.25) is 0 Å². The van der Waals surface area contributed by atoms with Crippen LogP contribution in [0.4, 0.5) is 5.69 Å². The molecule has 0 radical (unpaired) electrons. The van der Waals surface area contributed by atoms with Crippen molar-refractivity contribution in [2.75, 3.05) is 31.7 Å². The van der Waals surface area contributed by atoms with E-state index in [0.717, 1.165) is 37.4 Å². The van der Waals surface area contributed by atoms with E-state index in [1.165, 1.54) is 17.7 Å². The van der Waals surface area contributed by atoms with Crippen LogP contribution < -0.4 is 4.90 Å². The SMILES string of the molecule is COCCN1CCCc2ccc(-c3ccco3)cc21. The van der Waals surface area contributed by atoms with Gasteiger partial charge in [-0.15, -0.1) is 0 Å². The predicted octanol–water partition coefficient (Wildman–Crippen LogP) is 3.35. The quantitative estimate of drug-likeness (QED) is 0.840. The monoisotopic (exact) mass is 257 g/mol. The third kappa shape index (κ3) is 2.51. The number of methoxy groups -OCH3 is 1. The predicted molar refractivity (Wildman–Crippen MR) is 76.6 cm³/mol. The molecule has 1 aliphatic rings. The second kappa shape index (κ2) is 5.49. The highest BCUT2D eigenvalue weighted by Crippen LogP contribution is 2.32. The second-order valence-electron chi connectivity index (χ2n) is 4.90. The fraction of sp³-hybridized carbons (Fsp3) is 0.375. The molecule has 0 aliphatic carbocycles. The Hall–Kier alpha value is -1.74. The fourth-order valence-corrected chi connectivity index (χ4v) is 2.68. The average Bonchev–Trinajstić information content (AvgIpc) is 2.98. The highest BCUT2D eigenvalue weighted by atomic mass is 16.5. The number of fused-ring (bicyclic) bond motifs is 1. The molecule has 2 aromatic rings. The Morgan fingerprint density at radius 2 is 2.26 bits per heavy atom. The van der Waals surface area contributed by atoms with Gasteiger partial charge in [0, 0.05) is 31.5 Å². The van der Waals surface area contributed by atoms with Gasteiger partial charge in [0.2, 0.25) is 0 Å². The molecular formula is C16H19NO2. The van der Waals surface area contributed by atoms with Gasteiger partial charge in [-0.05, 0) is 36.6 Å². The van der Waals surface area contributed by atoms with Crippen molar-refractivity contribution in [1.29, 1.82) is 0 Å². The number of nitrogens with zero attached hydrogens (tertiary/aromatic N) is 1. The first kappa shape index (κ1) is 12.3. The van der Waals surface area contributed by atoms with Crippen molar-refractivity contribution < 1.29 is 9.15 Å². The van der Waals surface area contributed by atoms with E-state index in [9.17, 15) is 0 Å². The second-order valence-corrected chi connectivity index (χ2v) is 4.90.